The lowest BCUT2D eigenvalue weighted by Gasteiger charge is -2.07. The first kappa shape index (κ1) is 12.8. The molecule has 0 amide bonds. The van der Waals surface area contributed by atoms with Crippen molar-refractivity contribution in [2.75, 3.05) is 7.11 Å². The second-order valence-electron chi connectivity index (χ2n) is 3.75. The quantitative estimate of drug-likeness (QED) is 0.867. The molecule has 0 atom stereocenters. The fraction of sp³-hybridized carbons (Fsp3) is 0.250. The van der Waals surface area contributed by atoms with Crippen LogP contribution in [-0.2, 0) is 6.54 Å². The summed E-state index contributed by atoms with van der Waals surface area (Å²) in [5.74, 6) is 0.527. The summed E-state index contributed by atoms with van der Waals surface area (Å²) in [6.45, 7) is 2.14. The van der Waals surface area contributed by atoms with E-state index in [0.29, 0.717) is 22.6 Å². The Balaban J connectivity index is 2.34. The summed E-state index contributed by atoms with van der Waals surface area (Å²) in [5, 5.41) is 0. The fourth-order valence-corrected chi connectivity index (χ4v) is 1.82. The standard InChI is InChI=1S/C12H12BrN3O2/c1-8-11(13)12(17)16(7-14-8)6-9-4-3-5-10(15-9)18-2/h3-5,7H,6H2,1-2H3. The molecular formula is C12H12BrN3O2. The first-order valence-corrected chi connectivity index (χ1v) is 6.12. The van der Waals surface area contributed by atoms with E-state index < -0.39 is 0 Å². The first-order chi connectivity index (χ1) is 8.61. The number of aryl methyl sites for hydroxylation is 1. The predicted octanol–water partition coefficient (Wildman–Crippen LogP) is 1.77. The van der Waals surface area contributed by atoms with Gasteiger partial charge in [0.25, 0.3) is 5.56 Å². The van der Waals surface area contributed by atoms with Crippen LogP contribution in [0, 0.1) is 6.92 Å². The van der Waals surface area contributed by atoms with Crippen molar-refractivity contribution in [2.45, 2.75) is 13.5 Å². The molecule has 5 nitrogen and oxygen atoms in total. The van der Waals surface area contributed by atoms with E-state index in [4.69, 9.17) is 4.74 Å². The Kier molecular flexibility index (Phi) is 3.76. The van der Waals surface area contributed by atoms with Crippen molar-refractivity contribution in [3.8, 4) is 5.88 Å². The van der Waals surface area contributed by atoms with Gasteiger partial charge >= 0.3 is 0 Å². The van der Waals surface area contributed by atoms with Gasteiger partial charge in [-0.15, -0.1) is 0 Å². The Bertz CT molecular complexity index is 625. The molecule has 6 heteroatoms. The highest BCUT2D eigenvalue weighted by molar-refractivity contribution is 9.10. The first-order valence-electron chi connectivity index (χ1n) is 5.33. The molecule has 0 aliphatic carbocycles. The van der Waals surface area contributed by atoms with Crippen molar-refractivity contribution >= 4 is 15.9 Å². The van der Waals surface area contributed by atoms with Gasteiger partial charge in [0.15, 0.2) is 0 Å². The summed E-state index contributed by atoms with van der Waals surface area (Å²) in [7, 11) is 1.56. The van der Waals surface area contributed by atoms with Crippen molar-refractivity contribution in [3.05, 3.63) is 50.7 Å². The molecule has 0 aliphatic rings. The van der Waals surface area contributed by atoms with E-state index in [1.165, 1.54) is 10.9 Å². The Morgan fingerprint density at radius 3 is 2.94 bits per heavy atom. The number of hydrogen-bond acceptors (Lipinski definition) is 4. The van der Waals surface area contributed by atoms with Crippen molar-refractivity contribution in [1.82, 2.24) is 14.5 Å². The molecule has 0 radical (unpaired) electrons. The number of pyridine rings is 1. The minimum absolute atomic E-state index is 0.118. The highest BCUT2D eigenvalue weighted by Gasteiger charge is 2.06. The van der Waals surface area contributed by atoms with Gasteiger partial charge in [-0.25, -0.2) is 9.97 Å². The third-order valence-corrected chi connectivity index (χ3v) is 3.39. The van der Waals surface area contributed by atoms with Gasteiger partial charge in [0, 0.05) is 6.07 Å². The van der Waals surface area contributed by atoms with E-state index in [1.54, 1.807) is 20.1 Å². The van der Waals surface area contributed by atoms with Gasteiger partial charge in [0.1, 0.15) is 4.47 Å². The highest BCUT2D eigenvalue weighted by Crippen LogP contribution is 2.09. The van der Waals surface area contributed by atoms with Crippen LogP contribution < -0.4 is 10.3 Å². The van der Waals surface area contributed by atoms with Gasteiger partial charge in [-0.05, 0) is 28.9 Å². The number of rotatable bonds is 3. The van der Waals surface area contributed by atoms with E-state index >= 15 is 0 Å². The fourth-order valence-electron chi connectivity index (χ4n) is 1.49. The van der Waals surface area contributed by atoms with Crippen LogP contribution in [0.2, 0.25) is 0 Å². The number of ether oxygens (including phenoxy) is 1. The summed E-state index contributed by atoms with van der Waals surface area (Å²) >= 11 is 3.23. The van der Waals surface area contributed by atoms with Crippen LogP contribution in [0.15, 0.2) is 33.8 Å². The molecule has 18 heavy (non-hydrogen) atoms. The van der Waals surface area contributed by atoms with Crippen LogP contribution in [0.1, 0.15) is 11.4 Å². The summed E-state index contributed by atoms with van der Waals surface area (Å²) in [5.41, 5.74) is 1.30. The Morgan fingerprint density at radius 1 is 1.44 bits per heavy atom. The Labute approximate surface area is 113 Å². The van der Waals surface area contributed by atoms with Crippen LogP contribution in [0.25, 0.3) is 0 Å². The molecule has 0 spiro atoms. The molecule has 0 fully saturated rings. The summed E-state index contributed by atoms with van der Waals surface area (Å²) in [4.78, 5) is 20.4. The van der Waals surface area contributed by atoms with E-state index in [1.807, 2.05) is 12.1 Å². The number of nitrogens with zero attached hydrogens (tertiary/aromatic N) is 3. The second kappa shape index (κ2) is 5.30. The SMILES string of the molecule is COc1cccc(Cn2cnc(C)c(Br)c2=O)n1. The van der Waals surface area contributed by atoms with E-state index in [-0.39, 0.29) is 5.56 Å². The molecule has 0 aromatic carbocycles. The summed E-state index contributed by atoms with van der Waals surface area (Å²) < 4.78 is 7.02. The monoisotopic (exact) mass is 309 g/mol. The number of aromatic nitrogens is 3. The zero-order valence-corrected chi connectivity index (χ0v) is 11.6. The maximum Gasteiger partial charge on any atom is 0.268 e. The van der Waals surface area contributed by atoms with Crippen LogP contribution in [0.4, 0.5) is 0 Å². The van der Waals surface area contributed by atoms with Crippen LogP contribution in [0.3, 0.4) is 0 Å². The lowest BCUT2D eigenvalue weighted by atomic mass is 10.3. The zero-order chi connectivity index (χ0) is 13.1. The minimum atomic E-state index is -0.118. The predicted molar refractivity (Wildman–Crippen MR) is 70.8 cm³/mol. The molecule has 2 rings (SSSR count). The largest absolute Gasteiger partial charge is 0.481 e. The van der Waals surface area contributed by atoms with Gasteiger partial charge in [0.2, 0.25) is 5.88 Å². The maximum absolute atomic E-state index is 12.0. The molecule has 0 unspecified atom stereocenters. The van der Waals surface area contributed by atoms with Gasteiger partial charge in [0.05, 0.1) is 31.4 Å². The molecule has 2 aromatic heterocycles. The maximum atomic E-state index is 12.0. The molecule has 0 saturated carbocycles. The second-order valence-corrected chi connectivity index (χ2v) is 4.54. The van der Waals surface area contributed by atoms with Crippen LogP contribution in [0.5, 0.6) is 5.88 Å². The van der Waals surface area contributed by atoms with Crippen molar-refractivity contribution in [1.29, 1.82) is 0 Å². The lowest BCUT2D eigenvalue weighted by Crippen LogP contribution is -2.23. The van der Waals surface area contributed by atoms with Crippen LogP contribution >= 0.6 is 15.9 Å². The Hall–Kier alpha value is -1.69. The van der Waals surface area contributed by atoms with Gasteiger partial charge < -0.3 is 4.74 Å². The third-order valence-electron chi connectivity index (χ3n) is 2.48. The molecule has 0 aliphatic heterocycles. The zero-order valence-electron chi connectivity index (χ0n) is 10.1. The molecular weight excluding hydrogens is 298 g/mol. The summed E-state index contributed by atoms with van der Waals surface area (Å²) in [6.07, 6.45) is 1.52. The molecule has 0 bridgehead atoms. The summed E-state index contributed by atoms with van der Waals surface area (Å²) in [6, 6.07) is 5.43. The smallest absolute Gasteiger partial charge is 0.268 e. The third kappa shape index (κ3) is 2.59. The number of halogens is 1. The van der Waals surface area contributed by atoms with E-state index in [0.717, 1.165) is 5.69 Å². The lowest BCUT2D eigenvalue weighted by molar-refractivity contribution is 0.395. The topological polar surface area (TPSA) is 57.0 Å². The van der Waals surface area contributed by atoms with E-state index in [2.05, 4.69) is 25.9 Å². The average Bonchev–Trinajstić information content (AvgIpc) is 2.40. The van der Waals surface area contributed by atoms with Crippen molar-refractivity contribution in [3.63, 3.8) is 0 Å². The molecule has 0 N–H and O–H groups in total. The molecule has 94 valence electrons. The van der Waals surface area contributed by atoms with Crippen molar-refractivity contribution in [2.24, 2.45) is 0 Å². The van der Waals surface area contributed by atoms with Crippen LogP contribution in [-0.4, -0.2) is 21.6 Å². The normalized spacial score (nSPS) is 10.4. The minimum Gasteiger partial charge on any atom is -0.481 e. The average molecular weight is 310 g/mol. The van der Waals surface area contributed by atoms with Gasteiger partial charge in [-0.3, -0.25) is 9.36 Å². The molecule has 0 saturated heterocycles. The molecule has 2 heterocycles. The van der Waals surface area contributed by atoms with Gasteiger partial charge in [-0.1, -0.05) is 6.07 Å². The number of methoxy groups -OCH3 is 1. The van der Waals surface area contributed by atoms with Crippen molar-refractivity contribution < 1.29 is 4.74 Å². The highest BCUT2D eigenvalue weighted by atomic mass is 79.9. The van der Waals surface area contributed by atoms with Gasteiger partial charge in [-0.2, -0.15) is 0 Å². The Morgan fingerprint density at radius 2 is 2.22 bits per heavy atom. The number of hydrogen-bond donors (Lipinski definition) is 0. The molecule has 2 aromatic rings. The van der Waals surface area contributed by atoms with E-state index in [9.17, 15) is 4.79 Å².